The molecule has 0 aliphatic carbocycles. The summed E-state index contributed by atoms with van der Waals surface area (Å²) in [6, 6.07) is 0. The largest absolute Gasteiger partial charge is 0.478 e. The van der Waals surface area contributed by atoms with Crippen molar-refractivity contribution in [2.24, 2.45) is 0 Å². The normalized spacial score (nSPS) is 8.93. The highest BCUT2D eigenvalue weighted by molar-refractivity contribution is 5.84. The molecule has 4 nitrogen and oxygen atoms in total. The van der Waals surface area contributed by atoms with E-state index in [0.717, 1.165) is 6.54 Å². The molecule has 4 heteroatoms. The number of imidazole rings is 1. The highest BCUT2D eigenvalue weighted by atomic mass is 16.4. The third-order valence-electron chi connectivity index (χ3n) is 1.74. The molecule has 0 aliphatic rings. The fourth-order valence-electron chi connectivity index (χ4n) is 0.800. The van der Waals surface area contributed by atoms with Gasteiger partial charge in [-0.2, -0.15) is 0 Å². The maximum atomic E-state index is 9.60. The Bertz CT molecular complexity index is 280. The van der Waals surface area contributed by atoms with Crippen molar-refractivity contribution < 1.29 is 14.5 Å². The van der Waals surface area contributed by atoms with Crippen molar-refractivity contribution in [3.63, 3.8) is 0 Å². The van der Waals surface area contributed by atoms with Crippen molar-refractivity contribution in [3.8, 4) is 0 Å². The number of aromatic amines is 1. The molecule has 0 saturated heterocycles. The zero-order valence-corrected chi connectivity index (χ0v) is 9.36. The molecule has 1 heterocycles. The van der Waals surface area contributed by atoms with Crippen molar-refractivity contribution in [3.05, 3.63) is 30.9 Å². The van der Waals surface area contributed by atoms with Crippen molar-refractivity contribution in [2.45, 2.75) is 33.2 Å². The lowest BCUT2D eigenvalue weighted by molar-refractivity contribution is -0.696. The summed E-state index contributed by atoms with van der Waals surface area (Å²) < 4.78 is 2.16. The van der Waals surface area contributed by atoms with E-state index in [-0.39, 0.29) is 5.57 Å². The van der Waals surface area contributed by atoms with Gasteiger partial charge in [0.05, 0.1) is 6.54 Å². The summed E-state index contributed by atoms with van der Waals surface area (Å²) in [5, 5.41) is 7.89. The Morgan fingerprint density at radius 3 is 2.53 bits per heavy atom. The second-order valence-electron chi connectivity index (χ2n) is 3.29. The number of carbonyl (C=O) groups is 1. The van der Waals surface area contributed by atoms with Crippen LogP contribution in [0.4, 0.5) is 0 Å². The van der Waals surface area contributed by atoms with E-state index in [9.17, 15) is 4.79 Å². The molecular formula is C11H19N2O2+. The van der Waals surface area contributed by atoms with Gasteiger partial charge in [-0.25, -0.2) is 9.36 Å². The maximum absolute atomic E-state index is 9.60. The van der Waals surface area contributed by atoms with E-state index in [1.807, 2.05) is 12.5 Å². The van der Waals surface area contributed by atoms with Crippen LogP contribution >= 0.6 is 0 Å². The van der Waals surface area contributed by atoms with Crippen LogP contribution in [0.3, 0.4) is 0 Å². The van der Waals surface area contributed by atoms with Gasteiger partial charge in [-0.1, -0.05) is 19.9 Å². The van der Waals surface area contributed by atoms with E-state index >= 15 is 0 Å². The number of rotatable bonds is 4. The van der Waals surface area contributed by atoms with Gasteiger partial charge in [-0.3, -0.25) is 4.98 Å². The Balaban J connectivity index is 0.000000288. The van der Waals surface area contributed by atoms with Crippen LogP contribution < -0.4 is 4.57 Å². The van der Waals surface area contributed by atoms with Crippen molar-refractivity contribution in [2.75, 3.05) is 0 Å². The SMILES string of the molecule is C=C(C)C(=O)O.CCCC[n+]1cc[nH]c1. The number of carboxylic acids is 1. The van der Waals surface area contributed by atoms with Gasteiger partial charge in [-0.05, 0) is 13.3 Å². The van der Waals surface area contributed by atoms with Gasteiger partial charge in [-0.15, -0.1) is 0 Å². The van der Waals surface area contributed by atoms with Crippen molar-refractivity contribution in [1.29, 1.82) is 0 Å². The molecule has 0 saturated carbocycles. The van der Waals surface area contributed by atoms with E-state index in [0.29, 0.717) is 0 Å². The van der Waals surface area contributed by atoms with Crippen LogP contribution in [0.2, 0.25) is 0 Å². The van der Waals surface area contributed by atoms with Gasteiger partial charge in [0, 0.05) is 5.57 Å². The smallest absolute Gasteiger partial charge is 0.330 e. The first kappa shape index (κ1) is 13.4. The van der Waals surface area contributed by atoms with Crippen LogP contribution in [0.5, 0.6) is 0 Å². The molecule has 0 spiro atoms. The zero-order chi connectivity index (χ0) is 11.7. The number of aryl methyl sites for hydroxylation is 1. The molecule has 84 valence electrons. The predicted molar refractivity (Wildman–Crippen MR) is 58.3 cm³/mol. The van der Waals surface area contributed by atoms with E-state index in [4.69, 9.17) is 5.11 Å². The summed E-state index contributed by atoms with van der Waals surface area (Å²) in [6.45, 7) is 7.94. The lowest BCUT2D eigenvalue weighted by Gasteiger charge is -1.89. The summed E-state index contributed by atoms with van der Waals surface area (Å²) in [5.41, 5.74) is 0.176. The van der Waals surface area contributed by atoms with Crippen LogP contribution in [-0.4, -0.2) is 16.1 Å². The molecule has 0 fully saturated rings. The quantitative estimate of drug-likeness (QED) is 0.589. The first-order chi connectivity index (χ1) is 7.07. The van der Waals surface area contributed by atoms with Gasteiger partial charge < -0.3 is 5.11 Å². The van der Waals surface area contributed by atoms with Crippen LogP contribution in [-0.2, 0) is 11.3 Å². The third kappa shape index (κ3) is 7.49. The van der Waals surface area contributed by atoms with Crippen LogP contribution in [0, 0.1) is 0 Å². The molecule has 0 radical (unpaired) electrons. The summed E-state index contributed by atoms with van der Waals surface area (Å²) in [5.74, 6) is -0.935. The van der Waals surface area contributed by atoms with Gasteiger partial charge in [0.25, 0.3) is 0 Å². The topological polar surface area (TPSA) is 57.0 Å². The second kappa shape index (κ2) is 7.79. The summed E-state index contributed by atoms with van der Waals surface area (Å²) in [6.07, 6.45) is 8.50. The van der Waals surface area contributed by atoms with Crippen LogP contribution in [0.1, 0.15) is 26.7 Å². The number of aromatic nitrogens is 2. The Hall–Kier alpha value is -1.58. The number of nitrogens with one attached hydrogen (secondary N) is 1. The maximum Gasteiger partial charge on any atom is 0.330 e. The standard InChI is InChI=1S/C7H12N2.C4H6O2/c1-2-3-5-9-6-4-8-7-9;1-3(2)4(5)6/h4,6-7H,2-3,5H2,1H3;1H2,2H3,(H,5,6)/p+1. The molecule has 1 aromatic heterocycles. The van der Waals surface area contributed by atoms with Gasteiger partial charge in [0.2, 0.25) is 6.33 Å². The summed E-state index contributed by atoms with van der Waals surface area (Å²) in [4.78, 5) is 12.6. The monoisotopic (exact) mass is 211 g/mol. The Morgan fingerprint density at radius 2 is 2.20 bits per heavy atom. The van der Waals surface area contributed by atoms with Gasteiger partial charge in [0.15, 0.2) is 0 Å². The molecule has 1 aromatic rings. The minimum Gasteiger partial charge on any atom is -0.478 e. The molecule has 0 bridgehead atoms. The number of H-pyrrole nitrogens is 1. The lowest BCUT2D eigenvalue weighted by Crippen LogP contribution is -2.29. The molecule has 0 atom stereocenters. The van der Waals surface area contributed by atoms with Gasteiger partial charge >= 0.3 is 5.97 Å². The minimum atomic E-state index is -0.935. The molecule has 0 unspecified atom stereocenters. The van der Waals surface area contributed by atoms with Crippen LogP contribution in [0.25, 0.3) is 0 Å². The number of hydrogen-bond acceptors (Lipinski definition) is 1. The minimum absolute atomic E-state index is 0.176. The predicted octanol–water partition coefficient (Wildman–Crippen LogP) is 1.75. The molecule has 0 amide bonds. The van der Waals surface area contributed by atoms with E-state index in [2.05, 4.69) is 29.3 Å². The van der Waals surface area contributed by atoms with E-state index in [1.54, 1.807) is 0 Å². The van der Waals surface area contributed by atoms with Crippen molar-refractivity contribution >= 4 is 5.97 Å². The Morgan fingerprint density at radius 1 is 1.60 bits per heavy atom. The first-order valence-corrected chi connectivity index (χ1v) is 4.98. The first-order valence-electron chi connectivity index (χ1n) is 4.98. The number of hydrogen-bond donors (Lipinski definition) is 2. The lowest BCUT2D eigenvalue weighted by atomic mass is 10.3. The molecular weight excluding hydrogens is 192 g/mol. The average molecular weight is 211 g/mol. The van der Waals surface area contributed by atoms with Crippen molar-refractivity contribution in [1.82, 2.24) is 4.98 Å². The summed E-state index contributed by atoms with van der Waals surface area (Å²) in [7, 11) is 0. The third-order valence-corrected chi connectivity index (χ3v) is 1.74. The number of carboxylic acid groups (broad SMARTS) is 1. The number of aliphatic carboxylic acids is 1. The summed E-state index contributed by atoms with van der Waals surface area (Å²) >= 11 is 0. The number of unbranched alkanes of at least 4 members (excludes halogenated alkanes) is 1. The number of nitrogens with zero attached hydrogens (tertiary/aromatic N) is 1. The van der Waals surface area contributed by atoms with Crippen LogP contribution in [0.15, 0.2) is 30.9 Å². The average Bonchev–Trinajstić information content (AvgIpc) is 2.68. The molecule has 0 aliphatic heterocycles. The van der Waals surface area contributed by atoms with Gasteiger partial charge in [0.1, 0.15) is 12.4 Å². The molecule has 0 aromatic carbocycles. The fraction of sp³-hybridized carbons (Fsp3) is 0.455. The molecule has 2 N–H and O–H groups in total. The zero-order valence-electron chi connectivity index (χ0n) is 9.36. The second-order valence-corrected chi connectivity index (χ2v) is 3.29. The van der Waals surface area contributed by atoms with E-state index in [1.165, 1.54) is 19.8 Å². The molecule has 1 rings (SSSR count). The molecule has 15 heavy (non-hydrogen) atoms. The fourth-order valence-corrected chi connectivity index (χ4v) is 0.800. The highest BCUT2D eigenvalue weighted by Crippen LogP contribution is 1.84. The highest BCUT2D eigenvalue weighted by Gasteiger charge is 1.92. The Labute approximate surface area is 90.3 Å². The Kier molecular flexibility index (Phi) is 6.97. The van der Waals surface area contributed by atoms with E-state index < -0.39 is 5.97 Å².